The Labute approximate surface area is 186 Å². The van der Waals surface area contributed by atoms with E-state index in [-0.39, 0.29) is 6.61 Å². The number of nitrogens with zero attached hydrogens (tertiary/aromatic N) is 1. The van der Waals surface area contributed by atoms with E-state index in [9.17, 15) is 14.5 Å². The molecular formula is C24H30N2O4S. The van der Waals surface area contributed by atoms with E-state index in [2.05, 4.69) is 35.2 Å². The molecule has 2 unspecified atom stereocenters. The molecule has 1 amide bonds. The van der Waals surface area contributed by atoms with E-state index in [0.717, 1.165) is 36.2 Å². The Bertz CT molecular complexity index is 912. The lowest BCUT2D eigenvalue weighted by Gasteiger charge is -2.32. The van der Waals surface area contributed by atoms with Gasteiger partial charge in [0.05, 0.1) is 12.9 Å². The highest BCUT2D eigenvalue weighted by Crippen LogP contribution is 2.27. The average Bonchev–Trinajstić information content (AvgIpc) is 2.82. The van der Waals surface area contributed by atoms with E-state index in [1.54, 1.807) is 12.4 Å². The van der Waals surface area contributed by atoms with Crippen molar-refractivity contribution in [1.82, 2.24) is 10.4 Å². The van der Waals surface area contributed by atoms with E-state index in [0.29, 0.717) is 13.0 Å². The third-order valence-corrected chi connectivity index (χ3v) is 7.80. The van der Waals surface area contributed by atoms with E-state index < -0.39 is 21.8 Å². The molecule has 7 heteroatoms. The first-order chi connectivity index (χ1) is 14.9. The van der Waals surface area contributed by atoms with Crippen LogP contribution in [0.5, 0.6) is 0 Å². The maximum atomic E-state index is 12.0. The smallest absolute Gasteiger partial charge is 0.299 e. The van der Waals surface area contributed by atoms with Crippen LogP contribution in [0.25, 0.3) is 16.7 Å². The second kappa shape index (κ2) is 10.4. The van der Waals surface area contributed by atoms with Crippen molar-refractivity contribution in [2.45, 2.75) is 31.1 Å². The van der Waals surface area contributed by atoms with Gasteiger partial charge in [-0.3, -0.25) is 14.9 Å². The molecule has 31 heavy (non-hydrogen) atoms. The van der Waals surface area contributed by atoms with Gasteiger partial charge in [0.1, 0.15) is 0 Å². The predicted molar refractivity (Wildman–Crippen MR) is 124 cm³/mol. The van der Waals surface area contributed by atoms with Gasteiger partial charge in [-0.25, -0.2) is 5.48 Å². The summed E-state index contributed by atoms with van der Waals surface area (Å²) in [6.45, 7) is 3.94. The van der Waals surface area contributed by atoms with Gasteiger partial charge in [-0.15, -0.1) is 0 Å². The van der Waals surface area contributed by atoms with Gasteiger partial charge in [0, 0.05) is 26.1 Å². The average molecular weight is 443 g/mol. The molecule has 0 bridgehead atoms. The van der Waals surface area contributed by atoms with Crippen molar-refractivity contribution in [3.8, 4) is 11.1 Å². The summed E-state index contributed by atoms with van der Waals surface area (Å²) in [5.74, 6) is -0.604. The number of nitrogens with one attached hydrogen (secondary N) is 1. The number of hydroxylamine groups is 1. The fourth-order valence-electron chi connectivity index (χ4n) is 3.73. The van der Waals surface area contributed by atoms with Crippen molar-refractivity contribution in [1.29, 1.82) is 0 Å². The fourth-order valence-corrected chi connectivity index (χ4v) is 4.42. The summed E-state index contributed by atoms with van der Waals surface area (Å²) < 4.78 is 10.9. The number of aliphatic hydroxyl groups excluding tert-OH is 1. The molecule has 1 aliphatic heterocycles. The van der Waals surface area contributed by atoms with Crippen LogP contribution in [0.4, 0.5) is 0 Å². The van der Waals surface area contributed by atoms with Crippen LogP contribution in [-0.2, 0) is 22.6 Å². The van der Waals surface area contributed by atoms with Crippen LogP contribution >= 0.6 is 0 Å². The Morgan fingerprint density at radius 3 is 2.19 bits per heavy atom. The summed E-state index contributed by atoms with van der Waals surface area (Å²) in [7, 11) is 0. The molecule has 1 aliphatic rings. The molecule has 3 N–H and O–H groups in total. The van der Waals surface area contributed by atoms with Crippen LogP contribution < -0.4 is 5.48 Å². The lowest BCUT2D eigenvalue weighted by Crippen LogP contribution is -2.51. The Hall–Kier alpha value is -2.16. The van der Waals surface area contributed by atoms with E-state index in [1.165, 1.54) is 17.4 Å². The molecule has 166 valence electrons. The van der Waals surface area contributed by atoms with Gasteiger partial charge in [0.15, 0.2) is 0 Å². The number of hydrogen-bond acceptors (Lipinski definition) is 5. The monoisotopic (exact) mass is 442 g/mol. The summed E-state index contributed by atoms with van der Waals surface area (Å²) in [6, 6.07) is 16.4. The van der Waals surface area contributed by atoms with Crippen LogP contribution in [0.1, 0.15) is 30.9 Å². The van der Waals surface area contributed by atoms with Crippen molar-refractivity contribution in [3.05, 3.63) is 65.7 Å². The number of amides is 1. The van der Waals surface area contributed by atoms with Gasteiger partial charge in [-0.2, -0.15) is 0 Å². The zero-order valence-electron chi connectivity index (χ0n) is 18.0. The van der Waals surface area contributed by atoms with Gasteiger partial charge in [-0.05, 0) is 52.3 Å². The maximum absolute atomic E-state index is 12.0. The standard InChI is InChI=1S/C24H30N2O4S/c1-24(31(2)30,23(28)25-29)13-16-26-14-11-22(12-15-26)21-9-7-20(8-10-21)19-5-3-18(17-27)4-6-19/h3-11,27,29H,12-17H2,1-2H3,(H,25,28). The van der Waals surface area contributed by atoms with Gasteiger partial charge in [-0.1, -0.05) is 54.6 Å². The summed E-state index contributed by atoms with van der Waals surface area (Å²) in [4.78, 5) is 14.2. The molecule has 3 rings (SSSR count). The highest BCUT2D eigenvalue weighted by atomic mass is 32.2. The Morgan fingerprint density at radius 2 is 1.71 bits per heavy atom. The van der Waals surface area contributed by atoms with Crippen LogP contribution in [0, 0.1) is 0 Å². The van der Waals surface area contributed by atoms with Crippen molar-refractivity contribution >= 4 is 22.7 Å². The molecule has 2 aromatic rings. The number of benzene rings is 2. The molecule has 2 aromatic carbocycles. The summed E-state index contributed by atoms with van der Waals surface area (Å²) in [5, 5.41) is 18.1. The Morgan fingerprint density at radius 1 is 1.13 bits per heavy atom. The summed E-state index contributed by atoms with van der Waals surface area (Å²) >= 11 is -1.39. The molecule has 6 nitrogen and oxygen atoms in total. The first-order valence-corrected chi connectivity index (χ1v) is 11.9. The molecule has 2 atom stereocenters. The van der Waals surface area contributed by atoms with Crippen LogP contribution in [0.3, 0.4) is 0 Å². The highest BCUT2D eigenvalue weighted by Gasteiger charge is 2.42. The van der Waals surface area contributed by atoms with Gasteiger partial charge in [0.2, 0.25) is 4.75 Å². The van der Waals surface area contributed by atoms with E-state index >= 15 is 0 Å². The van der Waals surface area contributed by atoms with Crippen LogP contribution in [0.2, 0.25) is 0 Å². The topological polar surface area (TPSA) is 95.9 Å². The lowest BCUT2D eigenvalue weighted by atomic mass is 9.96. The number of rotatable bonds is 8. The number of carbonyl (C=O) groups excluding carboxylic acids is 1. The number of aliphatic hydroxyl groups is 1. The van der Waals surface area contributed by atoms with E-state index in [1.807, 2.05) is 24.3 Å². The molecular weight excluding hydrogens is 412 g/mol. The molecule has 0 saturated heterocycles. The predicted octanol–water partition coefficient (Wildman–Crippen LogP) is 2.97. The largest absolute Gasteiger partial charge is 0.616 e. The van der Waals surface area contributed by atoms with Gasteiger partial charge < -0.3 is 9.66 Å². The minimum absolute atomic E-state index is 0.0502. The minimum atomic E-state index is -1.39. The highest BCUT2D eigenvalue weighted by molar-refractivity contribution is 7.92. The molecule has 0 spiro atoms. The second-order valence-corrected chi connectivity index (χ2v) is 9.90. The summed E-state index contributed by atoms with van der Waals surface area (Å²) in [6.07, 6.45) is 5.02. The van der Waals surface area contributed by atoms with E-state index in [4.69, 9.17) is 5.21 Å². The zero-order valence-corrected chi connectivity index (χ0v) is 18.8. The zero-order chi connectivity index (χ0) is 22.4. The third-order valence-electron chi connectivity index (χ3n) is 6.14. The van der Waals surface area contributed by atoms with Gasteiger partial charge >= 0.3 is 0 Å². The molecule has 1 heterocycles. The van der Waals surface area contributed by atoms with Crippen LogP contribution in [-0.4, -0.2) is 56.3 Å². The van der Waals surface area contributed by atoms with Crippen molar-refractivity contribution in [3.63, 3.8) is 0 Å². The first-order valence-electron chi connectivity index (χ1n) is 10.4. The van der Waals surface area contributed by atoms with Crippen LogP contribution in [0.15, 0.2) is 54.6 Å². The quantitative estimate of drug-likeness (QED) is 0.332. The first kappa shape index (κ1) is 23.5. The number of hydrogen-bond donors (Lipinski definition) is 3. The van der Waals surface area contributed by atoms with Gasteiger partial charge in [0.25, 0.3) is 5.91 Å². The number of carbonyl (C=O) groups is 1. The van der Waals surface area contributed by atoms with Crippen molar-refractivity contribution in [2.24, 2.45) is 0 Å². The second-order valence-electron chi connectivity index (χ2n) is 8.09. The molecule has 0 radical (unpaired) electrons. The molecule has 0 fully saturated rings. The van der Waals surface area contributed by atoms with Crippen molar-refractivity contribution < 1.29 is 19.7 Å². The lowest BCUT2D eigenvalue weighted by molar-refractivity contribution is -0.131. The SMILES string of the molecule is C[S+]([O-])C(C)(CCN1CC=C(c2ccc(-c3ccc(CO)cc3)cc2)CC1)C(=O)NO. The fraction of sp³-hybridized carbons (Fsp3) is 0.375. The summed E-state index contributed by atoms with van der Waals surface area (Å²) in [5.41, 5.74) is 7.32. The van der Waals surface area contributed by atoms with Crippen molar-refractivity contribution in [2.75, 3.05) is 25.9 Å². The molecule has 0 aromatic heterocycles. The Balaban J connectivity index is 1.60. The molecule has 0 saturated carbocycles. The minimum Gasteiger partial charge on any atom is -0.616 e. The Kier molecular flexibility index (Phi) is 7.91. The third kappa shape index (κ3) is 5.56. The molecule has 0 aliphatic carbocycles. The normalized spacial score (nSPS) is 17.5. The maximum Gasteiger partial charge on any atom is 0.299 e.